The Balaban J connectivity index is 0.652. The number of hydrogen-bond donors (Lipinski definition) is 3. The normalized spacial score (nSPS) is 22.1. The number of likely N-dealkylation sites (tertiary alicyclic amines) is 2. The number of carbonyl (C=O) groups is 4. The lowest BCUT2D eigenvalue weighted by Gasteiger charge is -2.37. The molecule has 3 aliphatic heterocycles. The van der Waals surface area contributed by atoms with Crippen LogP contribution >= 0.6 is 45.3 Å². The molecule has 7 heterocycles. The van der Waals surface area contributed by atoms with Crippen molar-refractivity contribution < 1.29 is 28.7 Å². The van der Waals surface area contributed by atoms with Crippen LogP contribution in [0.25, 0.3) is 0 Å². The Morgan fingerprint density at radius 2 is 1.21 bits per heavy atom. The number of nitrogens with zero attached hydrogens (tertiary/aromatic N) is 4. The highest BCUT2D eigenvalue weighted by atomic mass is 32.1. The maximum Gasteiger partial charge on any atom is 0.264 e. The van der Waals surface area contributed by atoms with E-state index in [9.17, 15) is 19.2 Å². The molecule has 17 heteroatoms. The van der Waals surface area contributed by atoms with Crippen LogP contribution in [0.4, 0.5) is 10.0 Å². The molecule has 4 aromatic heterocycles. The van der Waals surface area contributed by atoms with Crippen molar-refractivity contribution in [1.29, 1.82) is 0 Å². The second kappa shape index (κ2) is 17.5. The van der Waals surface area contributed by atoms with E-state index in [4.69, 9.17) is 9.47 Å². The Morgan fingerprint density at radius 1 is 0.672 bits per heavy atom. The SMILES string of the molecule is O=C(Nc1ccc(C(=O)N2CC(c3nccs3)C2)s1)[C@H]1CC[C@H](OCc2ccc(CO[C@H]3CN[C@H](C(=O)Nc4ccc(C(=O)N5CC(c6nccs6)C5)s4)C3)cc2)C1. The molecule has 1 saturated carbocycles. The minimum atomic E-state index is -0.375. The van der Waals surface area contributed by atoms with Gasteiger partial charge in [0.25, 0.3) is 11.8 Å². The van der Waals surface area contributed by atoms with Crippen LogP contribution in [-0.4, -0.2) is 94.4 Å². The number of anilines is 2. The van der Waals surface area contributed by atoms with Crippen LogP contribution in [0.5, 0.6) is 0 Å². The number of amides is 4. The Hall–Kier alpha value is -4.36. The largest absolute Gasteiger partial charge is 0.374 e. The predicted molar refractivity (Wildman–Crippen MR) is 225 cm³/mol. The lowest BCUT2D eigenvalue weighted by Crippen LogP contribution is -2.48. The second-order valence-electron chi connectivity index (χ2n) is 15.3. The van der Waals surface area contributed by atoms with E-state index in [0.29, 0.717) is 90.4 Å². The van der Waals surface area contributed by atoms with Gasteiger partial charge in [-0.1, -0.05) is 24.3 Å². The van der Waals surface area contributed by atoms with Gasteiger partial charge in [0.1, 0.15) is 0 Å². The Kier molecular flexibility index (Phi) is 11.8. The summed E-state index contributed by atoms with van der Waals surface area (Å²) in [4.78, 5) is 65.6. The summed E-state index contributed by atoms with van der Waals surface area (Å²) in [6, 6.07) is 14.9. The first-order valence-electron chi connectivity index (χ1n) is 19.5. The van der Waals surface area contributed by atoms with E-state index in [1.165, 1.54) is 22.7 Å². The molecule has 4 amide bonds. The number of aromatic nitrogens is 2. The van der Waals surface area contributed by atoms with Crippen LogP contribution in [0.3, 0.4) is 0 Å². The molecule has 9 rings (SSSR count). The van der Waals surface area contributed by atoms with Crippen molar-refractivity contribution in [2.75, 3.05) is 43.4 Å². The molecule has 5 aromatic rings. The van der Waals surface area contributed by atoms with Crippen molar-refractivity contribution >= 4 is 79.0 Å². The van der Waals surface area contributed by atoms with Gasteiger partial charge in [0.05, 0.1) is 61.2 Å². The second-order valence-corrected chi connectivity index (χ2v) is 19.3. The fourth-order valence-corrected chi connectivity index (χ4v) is 11.0. The zero-order valence-corrected chi connectivity index (χ0v) is 34.8. The highest BCUT2D eigenvalue weighted by molar-refractivity contribution is 7.18. The molecule has 0 spiro atoms. The van der Waals surface area contributed by atoms with Gasteiger partial charge in [0.2, 0.25) is 11.8 Å². The van der Waals surface area contributed by atoms with Gasteiger partial charge in [-0.25, -0.2) is 9.97 Å². The first kappa shape index (κ1) is 39.1. The molecule has 0 radical (unpaired) electrons. The van der Waals surface area contributed by atoms with Gasteiger partial charge in [0, 0.05) is 73.6 Å². The number of thiazole rings is 2. The van der Waals surface area contributed by atoms with Crippen molar-refractivity contribution in [3.63, 3.8) is 0 Å². The van der Waals surface area contributed by atoms with Gasteiger partial charge in [0.15, 0.2) is 0 Å². The van der Waals surface area contributed by atoms with Crippen LogP contribution in [0.2, 0.25) is 0 Å². The molecular weight excluding hydrogens is 815 g/mol. The van der Waals surface area contributed by atoms with Gasteiger partial charge >= 0.3 is 0 Å². The number of ether oxygens (including phenoxy) is 2. The van der Waals surface area contributed by atoms with Crippen LogP contribution in [-0.2, 0) is 32.3 Å². The van der Waals surface area contributed by atoms with E-state index in [0.717, 1.165) is 34.0 Å². The van der Waals surface area contributed by atoms with Crippen molar-refractivity contribution in [1.82, 2.24) is 25.1 Å². The number of hydrogen-bond acceptors (Lipinski definition) is 13. The van der Waals surface area contributed by atoms with E-state index >= 15 is 0 Å². The molecule has 1 aliphatic carbocycles. The van der Waals surface area contributed by atoms with Gasteiger partial charge in [-0.15, -0.1) is 45.3 Å². The van der Waals surface area contributed by atoms with Gasteiger partial charge in [-0.3, -0.25) is 19.2 Å². The fraction of sp³-hybridized carbons (Fsp3) is 0.415. The molecule has 13 nitrogen and oxygen atoms in total. The summed E-state index contributed by atoms with van der Waals surface area (Å²) in [5, 5.41) is 16.7. The van der Waals surface area contributed by atoms with E-state index < -0.39 is 0 Å². The third-order valence-electron chi connectivity index (χ3n) is 11.2. The molecule has 302 valence electrons. The van der Waals surface area contributed by atoms with Crippen LogP contribution in [0, 0.1) is 5.92 Å². The first-order chi connectivity index (χ1) is 28.3. The minimum Gasteiger partial charge on any atom is -0.374 e. The molecule has 4 fully saturated rings. The summed E-state index contributed by atoms with van der Waals surface area (Å²) in [5.74, 6) is 0.313. The topological polar surface area (TPSA) is 155 Å². The molecule has 4 aliphatic rings. The smallest absolute Gasteiger partial charge is 0.264 e. The van der Waals surface area contributed by atoms with E-state index in [2.05, 4.69) is 25.9 Å². The Morgan fingerprint density at radius 3 is 1.74 bits per heavy atom. The lowest BCUT2D eigenvalue weighted by molar-refractivity contribution is -0.120. The summed E-state index contributed by atoms with van der Waals surface area (Å²) >= 11 is 5.87. The molecule has 1 aromatic carbocycles. The zero-order valence-electron chi connectivity index (χ0n) is 31.5. The summed E-state index contributed by atoms with van der Waals surface area (Å²) < 4.78 is 12.4. The third kappa shape index (κ3) is 8.95. The molecule has 58 heavy (non-hydrogen) atoms. The molecule has 4 atom stereocenters. The maximum atomic E-state index is 13.1. The number of nitrogens with one attached hydrogen (secondary N) is 3. The minimum absolute atomic E-state index is 0.000382. The number of thiophene rings is 2. The Bertz CT molecular complexity index is 2060. The molecule has 0 bridgehead atoms. The third-order valence-corrected chi connectivity index (χ3v) is 15.1. The number of rotatable bonds is 14. The summed E-state index contributed by atoms with van der Waals surface area (Å²) in [7, 11) is 0. The van der Waals surface area contributed by atoms with Crippen molar-refractivity contribution in [2.45, 2.75) is 69.0 Å². The average Bonchev–Trinajstić information content (AvgIpc) is 4.05. The quantitative estimate of drug-likeness (QED) is 0.115. The van der Waals surface area contributed by atoms with E-state index in [-0.39, 0.29) is 47.8 Å². The standard InChI is InChI=1S/C41H43N7O6S4/c49-36(45-34-9-7-32(57-34)40(51)47-18-27(19-47)38-42-11-13-55-38)26-5-6-29(15-26)53-22-24-1-3-25(4-2-24)23-54-30-16-31(44-17-30)37(50)46-35-10-8-33(58-35)41(52)48-20-28(21-48)39-43-12-14-56-39/h1-4,7-14,26-31,44H,5-6,15-23H2,(H,45,49)(H,46,50)/t26-,29-,30+,31-/m0/s1. The van der Waals surface area contributed by atoms with E-state index in [1.54, 1.807) is 53.3 Å². The molecule has 3 saturated heterocycles. The highest BCUT2D eigenvalue weighted by Gasteiger charge is 2.37. The first-order valence-corrected chi connectivity index (χ1v) is 22.9. The van der Waals surface area contributed by atoms with E-state index in [1.807, 2.05) is 50.9 Å². The molecule has 0 unspecified atom stereocenters. The fourth-order valence-electron chi connectivity index (χ4n) is 7.78. The monoisotopic (exact) mass is 857 g/mol. The lowest BCUT2D eigenvalue weighted by atomic mass is 10.0. The number of carbonyl (C=O) groups excluding carboxylic acids is 4. The maximum absolute atomic E-state index is 13.1. The van der Waals surface area contributed by atoms with Crippen LogP contribution in [0.1, 0.15) is 78.0 Å². The average molecular weight is 858 g/mol. The van der Waals surface area contributed by atoms with Gasteiger partial charge in [-0.2, -0.15) is 0 Å². The Labute approximate surface area is 351 Å². The van der Waals surface area contributed by atoms with Gasteiger partial charge < -0.3 is 35.2 Å². The van der Waals surface area contributed by atoms with Crippen molar-refractivity contribution in [3.8, 4) is 0 Å². The summed E-state index contributed by atoms with van der Waals surface area (Å²) in [6.45, 7) is 4.17. The summed E-state index contributed by atoms with van der Waals surface area (Å²) in [5.41, 5.74) is 2.09. The number of benzene rings is 1. The predicted octanol–water partition coefficient (Wildman–Crippen LogP) is 6.41. The highest BCUT2D eigenvalue weighted by Crippen LogP contribution is 2.35. The van der Waals surface area contributed by atoms with Crippen molar-refractivity contribution in [3.05, 3.63) is 103 Å². The van der Waals surface area contributed by atoms with Gasteiger partial charge in [-0.05, 0) is 61.1 Å². The summed E-state index contributed by atoms with van der Waals surface area (Å²) in [6.07, 6.45) is 6.32. The van der Waals surface area contributed by atoms with Crippen LogP contribution < -0.4 is 16.0 Å². The zero-order chi connectivity index (χ0) is 39.6. The molecule has 3 N–H and O–H groups in total. The van der Waals surface area contributed by atoms with Crippen LogP contribution in [0.15, 0.2) is 71.7 Å². The van der Waals surface area contributed by atoms with Crippen molar-refractivity contribution in [2.24, 2.45) is 5.92 Å². The molecular formula is C41H43N7O6S4.